The number of ether oxygens (including phenoxy) is 1. The maximum absolute atomic E-state index is 12.7. The number of non-ortho nitro benzene ring substituents is 1. The van der Waals surface area contributed by atoms with Crippen LogP contribution in [-0.2, 0) is 4.79 Å². The summed E-state index contributed by atoms with van der Waals surface area (Å²) in [6.45, 7) is 3.40. The van der Waals surface area contributed by atoms with Crippen LogP contribution in [0.15, 0.2) is 55.1 Å². The van der Waals surface area contributed by atoms with Crippen molar-refractivity contribution in [2.24, 2.45) is 0 Å². The number of rotatable bonds is 7. The maximum Gasteiger partial charge on any atom is 0.276 e. The summed E-state index contributed by atoms with van der Waals surface area (Å²) in [6.07, 6.45) is 0. The fraction of sp³-hybridized carbons (Fsp3) is 0.0625. The lowest BCUT2D eigenvalue weighted by atomic mass is 10.1. The summed E-state index contributed by atoms with van der Waals surface area (Å²) in [4.78, 5) is 21.9. The molecule has 0 atom stereocenters. The molecule has 0 unspecified atom stereocenters. The predicted octanol–water partition coefficient (Wildman–Crippen LogP) is 2.40. The van der Waals surface area contributed by atoms with Crippen LogP contribution in [0, 0.1) is 15.9 Å². The van der Waals surface area contributed by atoms with Crippen molar-refractivity contribution in [2.45, 2.75) is 0 Å². The Balaban J connectivity index is 1.82. The van der Waals surface area contributed by atoms with E-state index < -0.39 is 16.6 Å². The molecule has 2 aromatic carbocycles. The molecule has 2 aromatic rings. The average Bonchev–Trinajstić information content (AvgIpc) is 2.59. The van der Waals surface area contributed by atoms with Gasteiger partial charge in [0.25, 0.3) is 11.6 Å². The van der Waals surface area contributed by atoms with Crippen LogP contribution < -0.4 is 15.6 Å². The average molecular weight is 331 g/mol. The highest BCUT2D eigenvalue weighted by atomic mass is 19.1. The highest BCUT2D eigenvalue weighted by molar-refractivity contribution is 5.78. The molecular formula is C16H14FN3O4. The van der Waals surface area contributed by atoms with Crippen molar-refractivity contribution in [1.82, 2.24) is 10.9 Å². The van der Waals surface area contributed by atoms with Gasteiger partial charge in [-0.05, 0) is 24.3 Å². The summed E-state index contributed by atoms with van der Waals surface area (Å²) in [5.74, 6) is -0.545. The number of carbonyl (C=O) groups is 1. The monoisotopic (exact) mass is 331 g/mol. The molecule has 0 fully saturated rings. The van der Waals surface area contributed by atoms with Crippen LogP contribution in [0.2, 0.25) is 0 Å². The first-order chi connectivity index (χ1) is 11.5. The van der Waals surface area contributed by atoms with E-state index in [1.165, 1.54) is 42.5 Å². The van der Waals surface area contributed by atoms with Crippen molar-refractivity contribution in [3.05, 3.63) is 76.6 Å². The lowest BCUT2D eigenvalue weighted by Gasteiger charge is -2.11. The molecular weight excluding hydrogens is 317 g/mol. The number of hydrogen-bond donors (Lipinski definition) is 2. The van der Waals surface area contributed by atoms with Gasteiger partial charge in [0.05, 0.1) is 10.6 Å². The van der Waals surface area contributed by atoms with E-state index in [0.717, 1.165) is 0 Å². The van der Waals surface area contributed by atoms with Crippen LogP contribution in [0.25, 0.3) is 5.70 Å². The van der Waals surface area contributed by atoms with Crippen LogP contribution in [0.4, 0.5) is 10.1 Å². The maximum atomic E-state index is 12.7. The predicted molar refractivity (Wildman–Crippen MR) is 85.3 cm³/mol. The molecule has 1 amide bonds. The van der Waals surface area contributed by atoms with Crippen LogP contribution in [-0.4, -0.2) is 17.4 Å². The second-order valence-corrected chi connectivity index (χ2v) is 4.70. The lowest BCUT2D eigenvalue weighted by molar-refractivity contribution is -0.384. The quantitative estimate of drug-likeness (QED) is 0.600. The third-order valence-corrected chi connectivity index (χ3v) is 2.94. The number of nitrogens with one attached hydrogen (secondary N) is 2. The third kappa shape index (κ3) is 4.80. The minimum Gasteiger partial charge on any atom is -0.484 e. The summed E-state index contributed by atoms with van der Waals surface area (Å²) >= 11 is 0. The molecule has 0 spiro atoms. The van der Waals surface area contributed by atoms with Crippen molar-refractivity contribution in [1.29, 1.82) is 0 Å². The fourth-order valence-electron chi connectivity index (χ4n) is 1.74. The molecule has 2 rings (SSSR count). The summed E-state index contributed by atoms with van der Waals surface area (Å²) in [6, 6.07) is 11.0. The number of carbonyl (C=O) groups excluding carboxylic acids is 1. The number of nitro benzene ring substituents is 1. The van der Waals surface area contributed by atoms with E-state index >= 15 is 0 Å². The summed E-state index contributed by atoms with van der Waals surface area (Å²) in [5, 5.41) is 10.7. The summed E-state index contributed by atoms with van der Waals surface area (Å²) in [7, 11) is 0. The number of benzene rings is 2. The van der Waals surface area contributed by atoms with Crippen molar-refractivity contribution < 1.29 is 18.8 Å². The van der Waals surface area contributed by atoms with E-state index in [1.807, 2.05) is 0 Å². The van der Waals surface area contributed by atoms with Crippen molar-refractivity contribution >= 4 is 17.3 Å². The van der Waals surface area contributed by atoms with E-state index in [9.17, 15) is 19.3 Å². The molecule has 0 radical (unpaired) electrons. The fourth-order valence-corrected chi connectivity index (χ4v) is 1.74. The number of hydrogen-bond acceptors (Lipinski definition) is 5. The Kier molecular flexibility index (Phi) is 5.45. The Labute approximate surface area is 136 Å². The van der Waals surface area contributed by atoms with Crippen LogP contribution in [0.1, 0.15) is 5.56 Å². The van der Waals surface area contributed by atoms with E-state index in [4.69, 9.17) is 4.74 Å². The molecule has 0 heterocycles. The Bertz CT molecular complexity index is 762. The molecule has 0 aromatic heterocycles. The molecule has 2 N–H and O–H groups in total. The van der Waals surface area contributed by atoms with Crippen molar-refractivity contribution in [3.63, 3.8) is 0 Å². The molecule has 0 aliphatic rings. The smallest absolute Gasteiger partial charge is 0.276 e. The zero-order valence-corrected chi connectivity index (χ0v) is 12.5. The molecule has 24 heavy (non-hydrogen) atoms. The van der Waals surface area contributed by atoms with Crippen molar-refractivity contribution in [2.75, 3.05) is 6.61 Å². The minimum atomic E-state index is -0.522. The topological polar surface area (TPSA) is 93.5 Å². The van der Waals surface area contributed by atoms with Gasteiger partial charge in [-0.2, -0.15) is 0 Å². The van der Waals surface area contributed by atoms with E-state index in [2.05, 4.69) is 17.4 Å². The van der Waals surface area contributed by atoms with Gasteiger partial charge in [0.1, 0.15) is 11.6 Å². The molecule has 0 saturated carbocycles. The molecule has 124 valence electrons. The van der Waals surface area contributed by atoms with Gasteiger partial charge in [-0.3, -0.25) is 25.8 Å². The largest absolute Gasteiger partial charge is 0.484 e. The van der Waals surface area contributed by atoms with E-state index in [0.29, 0.717) is 11.3 Å². The molecule has 0 saturated heterocycles. The normalized spacial score (nSPS) is 9.88. The van der Waals surface area contributed by atoms with E-state index in [1.54, 1.807) is 6.07 Å². The Morgan fingerprint density at radius 1 is 1.21 bits per heavy atom. The van der Waals surface area contributed by atoms with Gasteiger partial charge in [-0.15, -0.1) is 0 Å². The summed E-state index contributed by atoms with van der Waals surface area (Å²) < 4.78 is 17.9. The second-order valence-electron chi connectivity index (χ2n) is 4.70. The van der Waals surface area contributed by atoms with Gasteiger partial charge >= 0.3 is 0 Å². The minimum absolute atomic E-state index is 0.0820. The zero-order valence-electron chi connectivity index (χ0n) is 12.5. The molecule has 7 nitrogen and oxygen atoms in total. The number of nitro groups is 1. The van der Waals surface area contributed by atoms with Gasteiger partial charge in [0.2, 0.25) is 0 Å². The number of hydrazine groups is 1. The number of halogens is 1. The highest BCUT2D eigenvalue weighted by Crippen LogP contribution is 2.17. The van der Waals surface area contributed by atoms with Gasteiger partial charge in [0, 0.05) is 17.7 Å². The van der Waals surface area contributed by atoms with Gasteiger partial charge in [-0.25, -0.2) is 4.39 Å². The SMILES string of the molecule is C=C(NNC(=O)COc1ccc(F)cc1)c1cccc([N+](=O)[O-])c1. The first kappa shape index (κ1) is 16.9. The van der Waals surface area contributed by atoms with E-state index in [-0.39, 0.29) is 18.0 Å². The highest BCUT2D eigenvalue weighted by Gasteiger charge is 2.08. The standard InChI is InChI=1S/C16H14FN3O4/c1-11(12-3-2-4-14(9-12)20(22)23)18-19-16(21)10-24-15-7-5-13(17)6-8-15/h2-9,18H,1,10H2,(H,19,21). The molecule has 0 aliphatic carbocycles. The molecule has 0 aliphatic heterocycles. The van der Waals surface area contributed by atoms with Crippen molar-refractivity contribution in [3.8, 4) is 5.75 Å². The Morgan fingerprint density at radius 2 is 1.92 bits per heavy atom. The van der Waals surface area contributed by atoms with Gasteiger partial charge in [0.15, 0.2) is 6.61 Å². The third-order valence-electron chi connectivity index (χ3n) is 2.94. The summed E-state index contributed by atoms with van der Waals surface area (Å²) in [5.41, 5.74) is 5.57. The van der Waals surface area contributed by atoms with Crippen LogP contribution in [0.3, 0.4) is 0 Å². The van der Waals surface area contributed by atoms with Gasteiger partial charge in [-0.1, -0.05) is 18.7 Å². The number of nitrogens with zero attached hydrogens (tertiary/aromatic N) is 1. The number of amides is 1. The Hall–Kier alpha value is -3.42. The van der Waals surface area contributed by atoms with Crippen LogP contribution in [0.5, 0.6) is 5.75 Å². The Morgan fingerprint density at radius 3 is 2.58 bits per heavy atom. The first-order valence-electron chi connectivity index (χ1n) is 6.82. The zero-order chi connectivity index (χ0) is 17.5. The molecule has 0 bridgehead atoms. The second kappa shape index (κ2) is 7.73. The van der Waals surface area contributed by atoms with Gasteiger partial charge < -0.3 is 4.74 Å². The first-order valence-corrected chi connectivity index (χ1v) is 6.82. The van der Waals surface area contributed by atoms with Crippen LogP contribution >= 0.6 is 0 Å². The lowest BCUT2D eigenvalue weighted by Crippen LogP contribution is -2.38. The molecule has 8 heteroatoms.